The highest BCUT2D eigenvalue weighted by molar-refractivity contribution is 5.87. The van der Waals surface area contributed by atoms with E-state index >= 15 is 0 Å². The first kappa shape index (κ1) is 14.6. The van der Waals surface area contributed by atoms with Crippen molar-refractivity contribution in [2.45, 2.75) is 58.0 Å². The van der Waals surface area contributed by atoms with Crippen molar-refractivity contribution >= 4 is 5.97 Å². The molecule has 0 aromatic heterocycles. The molecule has 0 amide bonds. The Bertz CT molecular complexity index is 474. The molecule has 4 fully saturated rings. The molecular formula is C18H25NO2. The summed E-state index contributed by atoms with van der Waals surface area (Å²) in [4.78, 5) is 12.2. The number of rotatable bonds is 4. The summed E-state index contributed by atoms with van der Waals surface area (Å²) < 4.78 is 6.06. The quantitative estimate of drug-likeness (QED) is 0.583. The first-order valence-corrected chi connectivity index (χ1v) is 8.29. The number of carbonyl (C=O) groups is 1. The van der Waals surface area contributed by atoms with E-state index in [2.05, 4.69) is 12.6 Å². The summed E-state index contributed by atoms with van der Waals surface area (Å²) in [5.41, 5.74) is -0.108. The second-order valence-electron chi connectivity index (χ2n) is 7.42. The zero-order valence-electron chi connectivity index (χ0n) is 13.1. The van der Waals surface area contributed by atoms with E-state index in [0.717, 1.165) is 43.9 Å². The standard InChI is InChI=1S/C18H25NO2/c1-4-14(10-19)18(21-17(20)11(2)3)15-6-12-5-13(8-15)9-16(18)7-12/h12-16H,2,4-9H2,1,3H3. The van der Waals surface area contributed by atoms with Crippen LogP contribution in [0.25, 0.3) is 0 Å². The zero-order chi connectivity index (χ0) is 15.2. The molecule has 1 unspecified atom stereocenters. The molecule has 0 aromatic rings. The Hall–Kier alpha value is -1.30. The molecule has 3 nitrogen and oxygen atoms in total. The van der Waals surface area contributed by atoms with E-state index < -0.39 is 5.60 Å². The molecule has 0 radical (unpaired) electrons. The van der Waals surface area contributed by atoms with Gasteiger partial charge in [0.1, 0.15) is 5.60 Å². The van der Waals surface area contributed by atoms with Gasteiger partial charge in [-0.25, -0.2) is 4.79 Å². The molecule has 1 atom stereocenters. The molecular weight excluding hydrogens is 262 g/mol. The predicted molar refractivity (Wildman–Crippen MR) is 80.1 cm³/mol. The summed E-state index contributed by atoms with van der Waals surface area (Å²) in [7, 11) is 0. The van der Waals surface area contributed by atoms with Gasteiger partial charge >= 0.3 is 5.97 Å². The molecule has 0 spiro atoms. The van der Waals surface area contributed by atoms with Gasteiger partial charge in [-0.15, -0.1) is 0 Å². The fraction of sp³-hybridized carbons (Fsp3) is 0.778. The highest BCUT2D eigenvalue weighted by atomic mass is 16.6. The average molecular weight is 287 g/mol. The van der Waals surface area contributed by atoms with Gasteiger partial charge in [-0.05, 0) is 57.3 Å². The highest BCUT2D eigenvalue weighted by Crippen LogP contribution is 2.62. The van der Waals surface area contributed by atoms with Crippen molar-refractivity contribution in [1.82, 2.24) is 0 Å². The minimum absolute atomic E-state index is 0.184. The number of hydrogen-bond donors (Lipinski definition) is 0. The van der Waals surface area contributed by atoms with E-state index in [1.54, 1.807) is 6.92 Å². The van der Waals surface area contributed by atoms with E-state index in [9.17, 15) is 10.1 Å². The number of carbonyl (C=O) groups excluding carboxylic acids is 1. The third-order valence-electron chi connectivity index (χ3n) is 6.14. The van der Waals surface area contributed by atoms with Crippen LogP contribution in [0.5, 0.6) is 0 Å². The van der Waals surface area contributed by atoms with Crippen molar-refractivity contribution < 1.29 is 9.53 Å². The van der Waals surface area contributed by atoms with E-state index in [-0.39, 0.29) is 11.9 Å². The van der Waals surface area contributed by atoms with Crippen molar-refractivity contribution in [2.75, 3.05) is 0 Å². The largest absolute Gasteiger partial charge is 0.454 e. The van der Waals surface area contributed by atoms with Crippen molar-refractivity contribution in [3.05, 3.63) is 12.2 Å². The summed E-state index contributed by atoms with van der Waals surface area (Å²) in [5, 5.41) is 9.66. The maximum absolute atomic E-state index is 12.2. The number of ether oxygens (including phenoxy) is 1. The van der Waals surface area contributed by atoms with Gasteiger partial charge in [-0.3, -0.25) is 0 Å². The maximum Gasteiger partial charge on any atom is 0.333 e. The smallest absolute Gasteiger partial charge is 0.333 e. The highest BCUT2D eigenvalue weighted by Gasteiger charge is 2.62. The van der Waals surface area contributed by atoms with Crippen LogP contribution in [0.4, 0.5) is 0 Å². The topological polar surface area (TPSA) is 50.1 Å². The molecule has 0 heterocycles. The summed E-state index contributed by atoms with van der Waals surface area (Å²) in [6.45, 7) is 7.45. The lowest BCUT2D eigenvalue weighted by atomic mass is 9.47. The van der Waals surface area contributed by atoms with Crippen LogP contribution in [0.3, 0.4) is 0 Å². The van der Waals surface area contributed by atoms with E-state index in [0.29, 0.717) is 17.4 Å². The minimum Gasteiger partial charge on any atom is -0.454 e. The molecule has 21 heavy (non-hydrogen) atoms. The molecule has 4 rings (SSSR count). The average Bonchev–Trinajstić information content (AvgIpc) is 2.44. The number of nitrogens with zero attached hydrogens (tertiary/aromatic N) is 1. The summed E-state index contributed by atoms with van der Waals surface area (Å²) in [5.74, 6) is 1.84. The third-order valence-corrected chi connectivity index (χ3v) is 6.14. The lowest BCUT2D eigenvalue weighted by molar-refractivity contribution is -0.219. The molecule has 0 N–H and O–H groups in total. The zero-order valence-corrected chi connectivity index (χ0v) is 13.1. The van der Waals surface area contributed by atoms with E-state index in [1.165, 1.54) is 6.42 Å². The Morgan fingerprint density at radius 1 is 1.29 bits per heavy atom. The number of nitriles is 1. The maximum atomic E-state index is 12.2. The molecule has 4 aliphatic rings. The molecule has 114 valence electrons. The minimum atomic E-state index is -0.549. The molecule has 4 bridgehead atoms. The molecule has 0 aromatic carbocycles. The summed E-state index contributed by atoms with van der Waals surface area (Å²) >= 11 is 0. The van der Waals surface area contributed by atoms with E-state index in [1.807, 2.05) is 6.92 Å². The van der Waals surface area contributed by atoms with Crippen LogP contribution in [-0.2, 0) is 9.53 Å². The molecule has 4 saturated carbocycles. The first-order valence-electron chi connectivity index (χ1n) is 8.29. The normalized spacial score (nSPS) is 41.4. The Labute approximate surface area is 127 Å². The molecule has 4 aliphatic carbocycles. The first-order chi connectivity index (χ1) is 10.0. The second kappa shape index (κ2) is 5.16. The fourth-order valence-corrected chi connectivity index (χ4v) is 5.49. The predicted octanol–water partition coefficient (Wildman–Crippen LogP) is 3.85. The molecule has 3 heteroatoms. The second-order valence-corrected chi connectivity index (χ2v) is 7.42. The number of esters is 1. The van der Waals surface area contributed by atoms with Crippen molar-refractivity contribution in [1.29, 1.82) is 5.26 Å². The Kier molecular flexibility index (Phi) is 3.59. The summed E-state index contributed by atoms with van der Waals surface area (Å²) in [6, 6.07) is 2.46. The van der Waals surface area contributed by atoms with Gasteiger partial charge in [0.25, 0.3) is 0 Å². The Balaban J connectivity index is 1.98. The van der Waals surface area contributed by atoms with Crippen molar-refractivity contribution in [3.63, 3.8) is 0 Å². The number of hydrogen-bond acceptors (Lipinski definition) is 3. The van der Waals surface area contributed by atoms with Gasteiger partial charge in [-0.1, -0.05) is 13.5 Å². The van der Waals surface area contributed by atoms with Gasteiger partial charge in [0.05, 0.1) is 12.0 Å². The SMILES string of the molecule is C=C(C)C(=O)OC1(C(C#N)CC)C2CC3CC(C2)CC1C3. The van der Waals surface area contributed by atoms with E-state index in [4.69, 9.17) is 4.74 Å². The van der Waals surface area contributed by atoms with Gasteiger partial charge in [-0.2, -0.15) is 5.26 Å². The Morgan fingerprint density at radius 3 is 2.19 bits per heavy atom. The van der Waals surface area contributed by atoms with Crippen LogP contribution in [0.1, 0.15) is 52.4 Å². The van der Waals surface area contributed by atoms with Crippen LogP contribution >= 0.6 is 0 Å². The van der Waals surface area contributed by atoms with Crippen LogP contribution in [0.2, 0.25) is 0 Å². The van der Waals surface area contributed by atoms with Gasteiger partial charge in [0.15, 0.2) is 0 Å². The van der Waals surface area contributed by atoms with Crippen molar-refractivity contribution in [3.8, 4) is 6.07 Å². The monoisotopic (exact) mass is 287 g/mol. The lowest BCUT2D eigenvalue weighted by Crippen LogP contribution is -2.63. The van der Waals surface area contributed by atoms with Crippen LogP contribution in [0.15, 0.2) is 12.2 Å². The summed E-state index contributed by atoms with van der Waals surface area (Å²) in [6.07, 6.45) is 6.63. The lowest BCUT2D eigenvalue weighted by Gasteiger charge is -2.61. The van der Waals surface area contributed by atoms with Crippen molar-refractivity contribution in [2.24, 2.45) is 29.6 Å². The molecule has 0 aliphatic heterocycles. The molecule has 0 saturated heterocycles. The third kappa shape index (κ3) is 2.11. The fourth-order valence-electron chi connectivity index (χ4n) is 5.49. The van der Waals surface area contributed by atoms with Crippen LogP contribution in [-0.4, -0.2) is 11.6 Å². The Morgan fingerprint density at radius 2 is 1.81 bits per heavy atom. The van der Waals surface area contributed by atoms with Crippen LogP contribution in [0, 0.1) is 40.9 Å². The van der Waals surface area contributed by atoms with Crippen LogP contribution < -0.4 is 0 Å². The van der Waals surface area contributed by atoms with Gasteiger partial charge in [0.2, 0.25) is 0 Å². The van der Waals surface area contributed by atoms with Gasteiger partial charge < -0.3 is 4.74 Å². The van der Waals surface area contributed by atoms with Gasteiger partial charge in [0, 0.05) is 17.4 Å².